The average molecular weight is 455 g/mol. The molecule has 0 spiro atoms. The Hall–Kier alpha value is -2.76. The zero-order valence-electron chi connectivity index (χ0n) is 16.0. The molecule has 0 saturated carbocycles. The maximum atomic E-state index is 12.7. The fourth-order valence-electron chi connectivity index (χ4n) is 2.84. The predicted octanol–water partition coefficient (Wildman–Crippen LogP) is 0.124. The minimum atomic E-state index is -3.68. The van der Waals surface area contributed by atoms with E-state index in [1.54, 1.807) is 0 Å². The van der Waals surface area contributed by atoms with Gasteiger partial charge in [0.05, 0.1) is 4.90 Å². The first-order valence-electron chi connectivity index (χ1n) is 8.93. The lowest BCUT2D eigenvalue weighted by molar-refractivity contribution is -0.135. The van der Waals surface area contributed by atoms with Gasteiger partial charge in [0.1, 0.15) is 0 Å². The van der Waals surface area contributed by atoms with Crippen molar-refractivity contribution in [3.8, 4) is 0 Å². The molecule has 2 heterocycles. The quantitative estimate of drug-likeness (QED) is 0.589. The number of rotatable bonds is 5. The van der Waals surface area contributed by atoms with Crippen LogP contribution in [0.25, 0.3) is 0 Å². The predicted molar refractivity (Wildman–Crippen MR) is 107 cm³/mol. The molecule has 30 heavy (non-hydrogen) atoms. The highest BCUT2D eigenvalue weighted by Crippen LogP contribution is 2.20. The van der Waals surface area contributed by atoms with E-state index in [2.05, 4.69) is 5.10 Å². The van der Waals surface area contributed by atoms with Crippen molar-refractivity contribution in [2.75, 3.05) is 32.8 Å². The average Bonchev–Trinajstić information content (AvgIpc) is 2.74. The zero-order valence-corrected chi connectivity index (χ0v) is 17.6. The van der Waals surface area contributed by atoms with Crippen LogP contribution in [0.2, 0.25) is 5.02 Å². The standard InChI is InChI=1S/C18H19ClN4O6S/c1-21-16(24)7-6-15(20-21)18(26)29-12-17(25)22-8-10-23(11-9-22)30(27,28)14-4-2-13(19)3-5-14/h2-7H,8-12H2,1H3. The first-order valence-corrected chi connectivity index (χ1v) is 10.8. The van der Waals surface area contributed by atoms with Crippen LogP contribution in [0.5, 0.6) is 0 Å². The van der Waals surface area contributed by atoms with Crippen molar-refractivity contribution >= 4 is 33.5 Å². The molecule has 1 aromatic heterocycles. The summed E-state index contributed by atoms with van der Waals surface area (Å²) in [5.41, 5.74) is -0.474. The Morgan fingerprint density at radius 1 is 1.07 bits per heavy atom. The summed E-state index contributed by atoms with van der Waals surface area (Å²) in [6.45, 7) is 0.0653. The number of hydrogen-bond donors (Lipinski definition) is 0. The van der Waals surface area contributed by atoms with E-state index in [0.29, 0.717) is 5.02 Å². The second-order valence-corrected chi connectivity index (χ2v) is 8.87. The Kier molecular flexibility index (Phi) is 6.54. The summed E-state index contributed by atoms with van der Waals surface area (Å²) in [6.07, 6.45) is 0. The summed E-state index contributed by atoms with van der Waals surface area (Å²) in [4.78, 5) is 37.2. The molecule has 1 saturated heterocycles. The van der Waals surface area contributed by atoms with Gasteiger partial charge in [0.25, 0.3) is 11.5 Å². The summed E-state index contributed by atoms with van der Waals surface area (Å²) in [5, 5.41) is 4.19. The summed E-state index contributed by atoms with van der Waals surface area (Å²) >= 11 is 5.80. The smallest absolute Gasteiger partial charge is 0.359 e. The summed E-state index contributed by atoms with van der Waals surface area (Å²) in [7, 11) is -2.29. The van der Waals surface area contributed by atoms with Crippen molar-refractivity contribution in [3.05, 3.63) is 57.5 Å². The molecule has 1 aliphatic rings. The summed E-state index contributed by atoms with van der Waals surface area (Å²) in [6, 6.07) is 8.26. The van der Waals surface area contributed by atoms with Crippen LogP contribution >= 0.6 is 11.6 Å². The number of halogens is 1. The summed E-state index contributed by atoms with van der Waals surface area (Å²) in [5.74, 6) is -1.28. The molecule has 1 aliphatic heterocycles. The van der Waals surface area contributed by atoms with Crippen LogP contribution in [0.1, 0.15) is 10.5 Å². The van der Waals surface area contributed by atoms with Gasteiger partial charge in [-0.2, -0.15) is 9.40 Å². The van der Waals surface area contributed by atoms with Gasteiger partial charge in [0.15, 0.2) is 12.3 Å². The Morgan fingerprint density at radius 3 is 2.30 bits per heavy atom. The number of amides is 1. The number of carbonyl (C=O) groups is 2. The fourth-order valence-corrected chi connectivity index (χ4v) is 4.39. The van der Waals surface area contributed by atoms with Crippen molar-refractivity contribution in [1.29, 1.82) is 0 Å². The normalized spacial score (nSPS) is 15.1. The van der Waals surface area contributed by atoms with Crippen molar-refractivity contribution in [1.82, 2.24) is 19.0 Å². The number of carbonyl (C=O) groups excluding carboxylic acids is 2. The molecular formula is C18H19ClN4O6S. The van der Waals surface area contributed by atoms with Crippen LogP contribution in [0.4, 0.5) is 0 Å². The third-order valence-electron chi connectivity index (χ3n) is 4.54. The second kappa shape index (κ2) is 8.94. The number of hydrogen-bond acceptors (Lipinski definition) is 7. The van der Waals surface area contributed by atoms with Crippen LogP contribution in [-0.4, -0.2) is 72.1 Å². The second-order valence-electron chi connectivity index (χ2n) is 6.50. The zero-order chi connectivity index (χ0) is 21.9. The van der Waals surface area contributed by atoms with Crippen LogP contribution in [-0.2, 0) is 26.6 Å². The Labute approximate surface area is 177 Å². The van der Waals surface area contributed by atoms with Gasteiger partial charge in [-0.1, -0.05) is 11.6 Å². The topological polar surface area (TPSA) is 119 Å². The molecule has 1 amide bonds. The van der Waals surface area contributed by atoms with Gasteiger partial charge in [-0.05, 0) is 30.3 Å². The molecule has 1 fully saturated rings. The molecule has 2 aromatic rings. The number of aromatic nitrogens is 2. The number of nitrogens with zero attached hydrogens (tertiary/aromatic N) is 4. The molecule has 0 N–H and O–H groups in total. The van der Waals surface area contributed by atoms with E-state index in [0.717, 1.165) is 4.68 Å². The number of sulfonamides is 1. The molecule has 1 aromatic carbocycles. The SMILES string of the molecule is Cn1nc(C(=O)OCC(=O)N2CCN(S(=O)(=O)c3ccc(Cl)cc3)CC2)ccc1=O. The van der Waals surface area contributed by atoms with Crippen molar-refractivity contribution < 1.29 is 22.7 Å². The molecule has 3 rings (SSSR count). The molecule has 0 radical (unpaired) electrons. The minimum Gasteiger partial charge on any atom is -0.451 e. The van der Waals surface area contributed by atoms with Crippen molar-refractivity contribution in [3.63, 3.8) is 0 Å². The van der Waals surface area contributed by atoms with Gasteiger partial charge < -0.3 is 9.64 Å². The first kappa shape index (κ1) is 21.9. The van der Waals surface area contributed by atoms with Gasteiger partial charge in [-0.15, -0.1) is 0 Å². The molecule has 0 aliphatic carbocycles. The highest BCUT2D eigenvalue weighted by Gasteiger charge is 2.30. The minimum absolute atomic E-state index is 0.0937. The highest BCUT2D eigenvalue weighted by atomic mass is 35.5. The first-order chi connectivity index (χ1) is 14.2. The third kappa shape index (κ3) is 4.86. The van der Waals surface area contributed by atoms with Gasteiger partial charge in [-0.25, -0.2) is 17.9 Å². The van der Waals surface area contributed by atoms with Gasteiger partial charge in [-0.3, -0.25) is 9.59 Å². The maximum absolute atomic E-state index is 12.7. The Morgan fingerprint density at radius 2 is 1.70 bits per heavy atom. The lowest BCUT2D eigenvalue weighted by Crippen LogP contribution is -2.51. The fraction of sp³-hybridized carbons (Fsp3) is 0.333. The molecule has 0 unspecified atom stereocenters. The number of esters is 1. The molecular weight excluding hydrogens is 436 g/mol. The number of aryl methyl sites for hydroxylation is 1. The monoisotopic (exact) mass is 454 g/mol. The Bertz CT molecular complexity index is 1110. The lowest BCUT2D eigenvalue weighted by atomic mass is 10.3. The van der Waals surface area contributed by atoms with E-state index < -0.39 is 28.5 Å². The molecule has 160 valence electrons. The van der Waals surface area contributed by atoms with E-state index in [1.807, 2.05) is 0 Å². The lowest BCUT2D eigenvalue weighted by Gasteiger charge is -2.33. The van der Waals surface area contributed by atoms with Gasteiger partial charge in [0, 0.05) is 44.3 Å². The summed E-state index contributed by atoms with van der Waals surface area (Å²) < 4.78 is 32.6. The van der Waals surface area contributed by atoms with E-state index in [-0.39, 0.29) is 42.3 Å². The van der Waals surface area contributed by atoms with E-state index in [9.17, 15) is 22.8 Å². The molecule has 10 nitrogen and oxygen atoms in total. The third-order valence-corrected chi connectivity index (χ3v) is 6.70. The van der Waals surface area contributed by atoms with Crippen molar-refractivity contribution in [2.24, 2.45) is 7.05 Å². The van der Waals surface area contributed by atoms with E-state index >= 15 is 0 Å². The number of piperazine rings is 1. The van der Waals surface area contributed by atoms with Gasteiger partial charge >= 0.3 is 5.97 Å². The molecule has 0 atom stereocenters. The van der Waals surface area contributed by atoms with Crippen LogP contribution in [0.15, 0.2) is 46.1 Å². The molecule has 12 heteroatoms. The Balaban J connectivity index is 1.53. The van der Waals surface area contributed by atoms with Crippen LogP contribution < -0.4 is 5.56 Å². The number of ether oxygens (including phenoxy) is 1. The maximum Gasteiger partial charge on any atom is 0.359 e. The van der Waals surface area contributed by atoms with Crippen LogP contribution in [0, 0.1) is 0 Å². The molecule has 0 bridgehead atoms. The van der Waals surface area contributed by atoms with E-state index in [1.165, 1.54) is 52.7 Å². The largest absolute Gasteiger partial charge is 0.451 e. The highest BCUT2D eigenvalue weighted by molar-refractivity contribution is 7.89. The number of benzene rings is 1. The van der Waals surface area contributed by atoms with Crippen LogP contribution in [0.3, 0.4) is 0 Å². The van der Waals surface area contributed by atoms with Gasteiger partial charge in [0.2, 0.25) is 10.0 Å². The van der Waals surface area contributed by atoms with Crippen molar-refractivity contribution in [2.45, 2.75) is 4.90 Å². The van der Waals surface area contributed by atoms with E-state index in [4.69, 9.17) is 16.3 Å².